The third-order valence-electron chi connectivity index (χ3n) is 3.96. The van der Waals surface area contributed by atoms with Gasteiger partial charge in [-0.05, 0) is 23.6 Å². The Kier molecular flexibility index (Phi) is 6.13. The van der Waals surface area contributed by atoms with Crippen LogP contribution in [0.4, 0.5) is 5.69 Å². The van der Waals surface area contributed by atoms with Crippen LogP contribution in [-0.2, 0) is 16.1 Å². The standard InChI is InChI=1S/C20H23NO3/c1-15(2)19(20(23)24-14-16-9-5-4-6-10-16)21(3)18-12-8-7-11-17(18)13-22/h4-13,15,19H,14H2,1-3H3/t19-/m0/s1. The number of hydrogen-bond donors (Lipinski definition) is 0. The lowest BCUT2D eigenvalue weighted by atomic mass is 10.0. The zero-order chi connectivity index (χ0) is 17.5. The van der Waals surface area contributed by atoms with Gasteiger partial charge in [0.15, 0.2) is 6.29 Å². The Morgan fingerprint density at radius 1 is 1.08 bits per heavy atom. The van der Waals surface area contributed by atoms with Gasteiger partial charge in [-0.2, -0.15) is 0 Å². The van der Waals surface area contributed by atoms with E-state index in [1.807, 2.05) is 68.3 Å². The Labute approximate surface area is 143 Å². The van der Waals surface area contributed by atoms with Crippen LogP contribution in [0, 0.1) is 5.92 Å². The second kappa shape index (κ2) is 8.29. The van der Waals surface area contributed by atoms with Crippen molar-refractivity contribution in [2.24, 2.45) is 5.92 Å². The van der Waals surface area contributed by atoms with Crippen LogP contribution in [0.3, 0.4) is 0 Å². The number of carbonyl (C=O) groups is 2. The summed E-state index contributed by atoms with van der Waals surface area (Å²) in [5.41, 5.74) is 2.23. The molecule has 0 aliphatic carbocycles. The van der Waals surface area contributed by atoms with E-state index in [4.69, 9.17) is 4.74 Å². The molecule has 4 heteroatoms. The topological polar surface area (TPSA) is 46.6 Å². The maximum atomic E-state index is 12.6. The van der Waals surface area contributed by atoms with Crippen molar-refractivity contribution in [1.82, 2.24) is 0 Å². The molecular formula is C20H23NO3. The zero-order valence-electron chi connectivity index (χ0n) is 14.3. The highest BCUT2D eigenvalue weighted by atomic mass is 16.5. The highest BCUT2D eigenvalue weighted by molar-refractivity contribution is 5.87. The first-order chi connectivity index (χ1) is 11.5. The van der Waals surface area contributed by atoms with Crippen LogP contribution in [0.15, 0.2) is 54.6 Å². The van der Waals surface area contributed by atoms with E-state index in [0.29, 0.717) is 5.56 Å². The molecule has 2 aromatic carbocycles. The highest BCUT2D eigenvalue weighted by Gasteiger charge is 2.29. The summed E-state index contributed by atoms with van der Waals surface area (Å²) < 4.78 is 5.50. The second-order valence-electron chi connectivity index (χ2n) is 6.07. The third kappa shape index (κ3) is 4.22. The monoisotopic (exact) mass is 325 g/mol. The molecule has 0 heterocycles. The molecule has 126 valence electrons. The van der Waals surface area contributed by atoms with Crippen molar-refractivity contribution < 1.29 is 14.3 Å². The molecule has 2 aromatic rings. The summed E-state index contributed by atoms with van der Waals surface area (Å²) in [5.74, 6) is -0.255. The van der Waals surface area contributed by atoms with Gasteiger partial charge in [-0.15, -0.1) is 0 Å². The highest BCUT2D eigenvalue weighted by Crippen LogP contribution is 2.23. The fourth-order valence-corrected chi connectivity index (χ4v) is 2.75. The number of hydrogen-bond acceptors (Lipinski definition) is 4. The van der Waals surface area contributed by atoms with Crippen LogP contribution in [0.2, 0.25) is 0 Å². The van der Waals surface area contributed by atoms with E-state index in [9.17, 15) is 9.59 Å². The SMILES string of the molecule is CC(C)[C@@H](C(=O)OCc1ccccc1)N(C)c1ccccc1C=O. The lowest BCUT2D eigenvalue weighted by Crippen LogP contribution is -2.44. The van der Waals surface area contributed by atoms with Crippen molar-refractivity contribution in [2.45, 2.75) is 26.5 Å². The van der Waals surface area contributed by atoms with Crippen molar-refractivity contribution >= 4 is 17.9 Å². The van der Waals surface area contributed by atoms with Gasteiger partial charge in [-0.25, -0.2) is 4.79 Å². The number of likely N-dealkylation sites (N-methyl/N-ethyl adjacent to an activating group) is 1. The second-order valence-corrected chi connectivity index (χ2v) is 6.07. The lowest BCUT2D eigenvalue weighted by Gasteiger charge is -2.31. The van der Waals surface area contributed by atoms with Crippen LogP contribution in [0.5, 0.6) is 0 Å². The van der Waals surface area contributed by atoms with E-state index in [0.717, 1.165) is 17.5 Å². The largest absolute Gasteiger partial charge is 0.459 e. The molecule has 0 amide bonds. The van der Waals surface area contributed by atoms with Gasteiger partial charge in [0.1, 0.15) is 12.6 Å². The first kappa shape index (κ1) is 17.7. The number of benzene rings is 2. The third-order valence-corrected chi connectivity index (χ3v) is 3.96. The Bertz CT molecular complexity index is 682. The summed E-state index contributed by atoms with van der Waals surface area (Å²) in [7, 11) is 1.82. The van der Waals surface area contributed by atoms with Gasteiger partial charge in [0.2, 0.25) is 0 Å². The van der Waals surface area contributed by atoms with Crippen LogP contribution in [0.1, 0.15) is 29.8 Å². The maximum absolute atomic E-state index is 12.6. The predicted molar refractivity (Wildman–Crippen MR) is 95.1 cm³/mol. The van der Waals surface area contributed by atoms with Gasteiger partial charge in [-0.1, -0.05) is 56.3 Å². The molecular weight excluding hydrogens is 302 g/mol. The van der Waals surface area contributed by atoms with Gasteiger partial charge < -0.3 is 9.64 Å². The van der Waals surface area contributed by atoms with Gasteiger partial charge in [-0.3, -0.25) is 4.79 Å². The van der Waals surface area contributed by atoms with Crippen molar-refractivity contribution in [3.8, 4) is 0 Å². The van der Waals surface area contributed by atoms with Gasteiger partial charge >= 0.3 is 5.97 Å². The lowest BCUT2D eigenvalue weighted by molar-refractivity contribution is -0.147. The number of ether oxygens (including phenoxy) is 1. The minimum Gasteiger partial charge on any atom is -0.459 e. The minimum atomic E-state index is -0.463. The Morgan fingerprint density at radius 2 is 1.71 bits per heavy atom. The molecule has 0 saturated carbocycles. The number of esters is 1. The normalized spacial score (nSPS) is 11.8. The molecule has 0 N–H and O–H groups in total. The van der Waals surface area contributed by atoms with E-state index in [-0.39, 0.29) is 18.5 Å². The molecule has 0 aromatic heterocycles. The molecule has 2 rings (SSSR count). The van der Waals surface area contributed by atoms with Gasteiger partial charge in [0.05, 0.1) is 0 Å². The Balaban J connectivity index is 2.15. The molecule has 4 nitrogen and oxygen atoms in total. The molecule has 0 fully saturated rings. The van der Waals surface area contributed by atoms with Crippen molar-refractivity contribution in [3.63, 3.8) is 0 Å². The van der Waals surface area contributed by atoms with Gasteiger partial charge in [0, 0.05) is 18.3 Å². The van der Waals surface area contributed by atoms with Crippen LogP contribution in [-0.4, -0.2) is 25.3 Å². The zero-order valence-corrected chi connectivity index (χ0v) is 14.3. The van der Waals surface area contributed by atoms with Crippen LogP contribution >= 0.6 is 0 Å². The quantitative estimate of drug-likeness (QED) is 0.575. The van der Waals surface area contributed by atoms with E-state index >= 15 is 0 Å². The fraction of sp³-hybridized carbons (Fsp3) is 0.300. The van der Waals surface area contributed by atoms with E-state index in [1.54, 1.807) is 12.1 Å². The Morgan fingerprint density at radius 3 is 2.33 bits per heavy atom. The first-order valence-corrected chi connectivity index (χ1v) is 8.02. The number of nitrogens with zero attached hydrogens (tertiary/aromatic N) is 1. The number of carbonyl (C=O) groups excluding carboxylic acids is 2. The maximum Gasteiger partial charge on any atom is 0.329 e. The van der Waals surface area contributed by atoms with Crippen molar-refractivity contribution in [1.29, 1.82) is 0 Å². The molecule has 1 atom stereocenters. The molecule has 24 heavy (non-hydrogen) atoms. The first-order valence-electron chi connectivity index (χ1n) is 8.02. The summed E-state index contributed by atoms with van der Waals surface area (Å²) in [6, 6.07) is 16.4. The Hall–Kier alpha value is -2.62. The average molecular weight is 325 g/mol. The number of aldehydes is 1. The molecule has 0 saturated heterocycles. The minimum absolute atomic E-state index is 0.0398. The summed E-state index contributed by atoms with van der Waals surface area (Å²) in [6.45, 7) is 4.18. The van der Waals surface area contributed by atoms with Crippen LogP contribution in [0.25, 0.3) is 0 Å². The molecule has 0 aliphatic rings. The number of anilines is 1. The van der Waals surface area contributed by atoms with E-state index in [1.165, 1.54) is 0 Å². The van der Waals surface area contributed by atoms with E-state index < -0.39 is 6.04 Å². The summed E-state index contributed by atoms with van der Waals surface area (Å²) >= 11 is 0. The predicted octanol–water partition coefficient (Wildman–Crippen LogP) is 3.70. The van der Waals surface area contributed by atoms with Gasteiger partial charge in [0.25, 0.3) is 0 Å². The number of rotatable bonds is 7. The summed E-state index contributed by atoms with van der Waals surface area (Å²) in [4.78, 5) is 25.7. The van der Waals surface area contributed by atoms with E-state index in [2.05, 4.69) is 0 Å². The average Bonchev–Trinajstić information content (AvgIpc) is 2.60. The molecule has 0 radical (unpaired) electrons. The molecule has 0 unspecified atom stereocenters. The smallest absolute Gasteiger partial charge is 0.329 e. The molecule has 0 spiro atoms. The summed E-state index contributed by atoms with van der Waals surface area (Å²) in [5, 5.41) is 0. The van der Waals surface area contributed by atoms with Crippen molar-refractivity contribution in [2.75, 3.05) is 11.9 Å². The number of para-hydroxylation sites is 1. The fourth-order valence-electron chi connectivity index (χ4n) is 2.75. The molecule has 0 bridgehead atoms. The van der Waals surface area contributed by atoms with Crippen molar-refractivity contribution in [3.05, 3.63) is 65.7 Å². The summed E-state index contributed by atoms with van der Waals surface area (Å²) in [6.07, 6.45) is 0.804. The molecule has 0 aliphatic heterocycles. The van der Waals surface area contributed by atoms with Crippen LogP contribution < -0.4 is 4.90 Å².